The summed E-state index contributed by atoms with van der Waals surface area (Å²) in [5.41, 5.74) is 15.1. The highest BCUT2D eigenvalue weighted by Crippen LogP contribution is 2.48. The van der Waals surface area contributed by atoms with Crippen molar-refractivity contribution in [3.8, 4) is 44.8 Å². The fourth-order valence-corrected chi connectivity index (χ4v) is 7.73. The van der Waals surface area contributed by atoms with Gasteiger partial charge in [0.15, 0.2) is 5.58 Å². The van der Waals surface area contributed by atoms with E-state index in [0.717, 1.165) is 28.6 Å². The first-order valence-corrected chi connectivity index (χ1v) is 17.7. The first kappa shape index (κ1) is 30.2. The smallest absolute Gasteiger partial charge is 0.227 e. The average molecular weight is 647 g/mol. The Morgan fingerprint density at radius 1 is 0.640 bits per heavy atom. The minimum atomic E-state index is 0.291. The van der Waals surface area contributed by atoms with Gasteiger partial charge in [0.05, 0.1) is 6.04 Å². The number of fused-ring (bicyclic) bond motifs is 4. The lowest BCUT2D eigenvalue weighted by Crippen LogP contribution is -2.28. The Hall–Kier alpha value is -5.93. The summed E-state index contributed by atoms with van der Waals surface area (Å²) in [6, 6.07) is 50.6. The van der Waals surface area contributed by atoms with Crippen molar-refractivity contribution in [2.45, 2.75) is 38.1 Å². The number of rotatable bonds is 7. The Kier molecular flexibility index (Phi) is 7.54. The third-order valence-electron chi connectivity index (χ3n) is 10.6. The number of hydrogen-bond acceptors (Lipinski definition) is 3. The van der Waals surface area contributed by atoms with Crippen molar-refractivity contribution in [3.63, 3.8) is 0 Å². The second-order valence-corrected chi connectivity index (χ2v) is 13.5. The number of hydrogen-bond donors (Lipinski definition) is 0. The molecule has 2 aliphatic rings. The van der Waals surface area contributed by atoms with Gasteiger partial charge in [-0.05, 0) is 99.3 Å². The van der Waals surface area contributed by atoms with Crippen LogP contribution in [-0.4, -0.2) is 11.0 Å². The van der Waals surface area contributed by atoms with E-state index in [4.69, 9.17) is 9.40 Å². The molecule has 0 fully saturated rings. The van der Waals surface area contributed by atoms with Gasteiger partial charge in [0.1, 0.15) is 5.52 Å². The van der Waals surface area contributed by atoms with Crippen molar-refractivity contribution in [1.29, 1.82) is 0 Å². The van der Waals surface area contributed by atoms with Crippen molar-refractivity contribution in [2.75, 3.05) is 4.90 Å². The zero-order chi connectivity index (χ0) is 33.6. The highest BCUT2D eigenvalue weighted by Gasteiger charge is 2.36. The van der Waals surface area contributed by atoms with Gasteiger partial charge in [-0.25, -0.2) is 4.98 Å². The summed E-state index contributed by atoms with van der Waals surface area (Å²) in [7, 11) is 0. The summed E-state index contributed by atoms with van der Waals surface area (Å²) < 4.78 is 6.26. The fourth-order valence-electron chi connectivity index (χ4n) is 7.73. The van der Waals surface area contributed by atoms with E-state index in [1.165, 1.54) is 50.3 Å². The first-order chi connectivity index (χ1) is 24.7. The van der Waals surface area contributed by atoms with Gasteiger partial charge < -0.3 is 9.32 Å². The normalized spacial score (nSPS) is 16.8. The Morgan fingerprint density at radius 3 is 1.94 bits per heavy atom. The van der Waals surface area contributed by atoms with E-state index in [9.17, 15) is 0 Å². The molecule has 9 rings (SSSR count). The molecule has 7 aromatic rings. The van der Waals surface area contributed by atoms with Crippen molar-refractivity contribution in [3.05, 3.63) is 175 Å². The van der Waals surface area contributed by atoms with Crippen LogP contribution in [0.2, 0.25) is 0 Å². The second kappa shape index (κ2) is 12.5. The maximum atomic E-state index is 6.26. The van der Waals surface area contributed by atoms with Crippen LogP contribution in [0.5, 0.6) is 0 Å². The van der Waals surface area contributed by atoms with Gasteiger partial charge in [-0.3, -0.25) is 0 Å². The summed E-state index contributed by atoms with van der Waals surface area (Å²) in [6.07, 6.45) is 10.1. The van der Waals surface area contributed by atoms with Crippen molar-refractivity contribution in [1.82, 2.24) is 4.98 Å². The highest BCUT2D eigenvalue weighted by molar-refractivity contribution is 5.92. The molecule has 6 aromatic carbocycles. The Balaban J connectivity index is 1.03. The number of oxazole rings is 1. The minimum absolute atomic E-state index is 0.291. The van der Waals surface area contributed by atoms with E-state index < -0.39 is 0 Å². The zero-order valence-corrected chi connectivity index (χ0v) is 28.3. The van der Waals surface area contributed by atoms with E-state index in [-0.39, 0.29) is 0 Å². The lowest BCUT2D eigenvalue weighted by Gasteiger charge is -2.29. The SMILES string of the molecule is CCC(C)c1ccc2nc(-c3ccc(-c4ccccc4-c4ccccc4-c4ccc(N5c6ccccc6C6C=CC=CC65)cc4)cc3)oc2c1. The summed E-state index contributed by atoms with van der Waals surface area (Å²) in [4.78, 5) is 7.29. The summed E-state index contributed by atoms with van der Waals surface area (Å²) >= 11 is 0. The zero-order valence-electron chi connectivity index (χ0n) is 28.3. The lowest BCUT2D eigenvalue weighted by atomic mass is 9.89. The quantitative estimate of drug-likeness (QED) is 0.173. The molecule has 0 saturated carbocycles. The molecule has 1 aromatic heterocycles. The molecule has 0 spiro atoms. The average Bonchev–Trinajstić information content (AvgIpc) is 3.77. The van der Waals surface area contributed by atoms with E-state index >= 15 is 0 Å². The van der Waals surface area contributed by atoms with Gasteiger partial charge in [0.2, 0.25) is 5.89 Å². The van der Waals surface area contributed by atoms with Gasteiger partial charge >= 0.3 is 0 Å². The molecule has 0 radical (unpaired) electrons. The molecule has 3 atom stereocenters. The van der Waals surface area contributed by atoms with Crippen LogP contribution in [0, 0.1) is 0 Å². The molecule has 0 saturated heterocycles. The van der Waals surface area contributed by atoms with Gasteiger partial charge in [-0.1, -0.05) is 135 Å². The molecular formula is C47H38N2O. The number of aromatic nitrogens is 1. The lowest BCUT2D eigenvalue weighted by molar-refractivity contribution is 0.618. The number of anilines is 2. The van der Waals surface area contributed by atoms with Gasteiger partial charge in [-0.2, -0.15) is 0 Å². The van der Waals surface area contributed by atoms with E-state index in [0.29, 0.717) is 23.8 Å². The van der Waals surface area contributed by atoms with E-state index in [1.807, 2.05) is 0 Å². The summed E-state index contributed by atoms with van der Waals surface area (Å²) in [5.74, 6) is 1.52. The van der Waals surface area contributed by atoms with Crippen molar-refractivity contribution < 1.29 is 4.42 Å². The van der Waals surface area contributed by atoms with Crippen molar-refractivity contribution in [2.24, 2.45) is 0 Å². The van der Waals surface area contributed by atoms with E-state index in [1.54, 1.807) is 0 Å². The molecule has 1 aliphatic carbocycles. The predicted molar refractivity (Wildman–Crippen MR) is 208 cm³/mol. The van der Waals surface area contributed by atoms with E-state index in [2.05, 4.69) is 183 Å². The molecule has 242 valence electrons. The van der Waals surface area contributed by atoms with Gasteiger partial charge in [-0.15, -0.1) is 0 Å². The topological polar surface area (TPSA) is 29.3 Å². The maximum Gasteiger partial charge on any atom is 0.227 e. The molecule has 0 N–H and O–H groups in total. The minimum Gasteiger partial charge on any atom is -0.436 e. The molecule has 3 unspecified atom stereocenters. The standard InChI is InChI=1S/C47H38N2O/c1-3-31(2)35-26-29-43-46(30-35)50-47(48-43)34-22-20-32(21-23-34)37-12-4-6-14-39(37)40-15-7-5-13-38(40)33-24-27-36(28-25-33)49-44-18-10-8-16-41(44)42-17-9-11-19-45(42)49/h4-31,41,44H,3H2,1-2H3. The molecule has 3 heteroatoms. The Morgan fingerprint density at radius 2 is 1.24 bits per heavy atom. The number of para-hydroxylation sites is 1. The molecule has 0 bridgehead atoms. The third-order valence-corrected chi connectivity index (χ3v) is 10.6. The van der Waals surface area contributed by atoms with Gasteiger partial charge in [0.25, 0.3) is 0 Å². The predicted octanol–water partition coefficient (Wildman–Crippen LogP) is 12.7. The van der Waals surface area contributed by atoms with Crippen LogP contribution in [0.25, 0.3) is 55.9 Å². The van der Waals surface area contributed by atoms with Gasteiger partial charge in [0, 0.05) is 22.9 Å². The first-order valence-electron chi connectivity index (χ1n) is 17.7. The Labute approximate surface area is 293 Å². The Bertz CT molecular complexity index is 2400. The van der Waals surface area contributed by atoms with Crippen LogP contribution in [0.1, 0.15) is 43.2 Å². The molecule has 0 amide bonds. The van der Waals surface area contributed by atoms with Crippen LogP contribution in [0.3, 0.4) is 0 Å². The molecule has 2 heterocycles. The number of allylic oxidation sites excluding steroid dienone is 2. The van der Waals surface area contributed by atoms with Crippen LogP contribution in [0.4, 0.5) is 11.4 Å². The van der Waals surface area contributed by atoms with Crippen molar-refractivity contribution >= 4 is 22.5 Å². The summed E-state index contributed by atoms with van der Waals surface area (Å²) in [5, 5.41) is 0. The van der Waals surface area contributed by atoms with Crippen LogP contribution in [-0.2, 0) is 0 Å². The number of benzene rings is 6. The van der Waals surface area contributed by atoms with Crippen LogP contribution in [0.15, 0.2) is 168 Å². The molecular weight excluding hydrogens is 609 g/mol. The third kappa shape index (κ3) is 5.18. The number of nitrogens with zero attached hydrogens (tertiary/aromatic N) is 2. The molecule has 50 heavy (non-hydrogen) atoms. The fraction of sp³-hybridized carbons (Fsp3) is 0.128. The largest absolute Gasteiger partial charge is 0.436 e. The second-order valence-electron chi connectivity index (χ2n) is 13.5. The van der Waals surface area contributed by atoms with Crippen LogP contribution < -0.4 is 4.90 Å². The monoisotopic (exact) mass is 646 g/mol. The van der Waals surface area contributed by atoms with Crippen LogP contribution >= 0.6 is 0 Å². The summed E-state index contributed by atoms with van der Waals surface area (Å²) in [6.45, 7) is 4.46. The highest BCUT2D eigenvalue weighted by atomic mass is 16.3. The molecule has 3 nitrogen and oxygen atoms in total. The maximum absolute atomic E-state index is 6.26. The molecule has 1 aliphatic heterocycles.